The maximum atomic E-state index is 13.3. The Kier molecular flexibility index (Phi) is 5.35. The third-order valence-electron chi connectivity index (χ3n) is 5.33. The summed E-state index contributed by atoms with van der Waals surface area (Å²) < 4.78 is 5.26. The molecule has 2 aromatic heterocycles. The van der Waals surface area contributed by atoms with Crippen molar-refractivity contribution in [3.63, 3.8) is 0 Å². The van der Waals surface area contributed by atoms with Crippen LogP contribution in [0.1, 0.15) is 19.4 Å². The molecule has 0 unspecified atom stereocenters. The Hall–Kier alpha value is -3.84. The number of aromatic nitrogens is 3. The Morgan fingerprint density at radius 3 is 2.45 bits per heavy atom. The predicted octanol–water partition coefficient (Wildman–Crippen LogP) is 3.88. The highest BCUT2D eigenvalue weighted by Gasteiger charge is 2.34. The summed E-state index contributed by atoms with van der Waals surface area (Å²) in [6.07, 6.45) is 1.66. The van der Waals surface area contributed by atoms with Gasteiger partial charge in [0.15, 0.2) is 5.82 Å². The molecule has 7 heteroatoms. The molecule has 0 spiro atoms. The standard InChI is InChI=1S/C24H23N5O2/c1-24(2,18-9-10-20-17(13-18)14-19(31-3)15-26-20)23(30)29(25)22-12-11-21(27-28-22)16-7-5-4-6-8-16/h4-15H,25H2,1-3H3. The zero-order valence-corrected chi connectivity index (χ0v) is 17.6. The zero-order chi connectivity index (χ0) is 22.0. The smallest absolute Gasteiger partial charge is 0.252 e. The van der Waals surface area contributed by atoms with Gasteiger partial charge < -0.3 is 4.74 Å². The van der Waals surface area contributed by atoms with Gasteiger partial charge in [-0.15, -0.1) is 10.2 Å². The summed E-state index contributed by atoms with van der Waals surface area (Å²) >= 11 is 0. The van der Waals surface area contributed by atoms with Gasteiger partial charge in [-0.3, -0.25) is 9.78 Å². The van der Waals surface area contributed by atoms with E-state index in [1.54, 1.807) is 25.4 Å². The Balaban J connectivity index is 1.60. The minimum absolute atomic E-state index is 0.280. The van der Waals surface area contributed by atoms with Crippen LogP contribution in [0.25, 0.3) is 22.2 Å². The van der Waals surface area contributed by atoms with Crippen LogP contribution in [-0.2, 0) is 10.2 Å². The van der Waals surface area contributed by atoms with E-state index in [1.165, 1.54) is 0 Å². The quantitative estimate of drug-likeness (QED) is 0.303. The van der Waals surface area contributed by atoms with Crippen LogP contribution in [0.15, 0.2) is 72.9 Å². The van der Waals surface area contributed by atoms with E-state index >= 15 is 0 Å². The third kappa shape index (κ3) is 3.95. The van der Waals surface area contributed by atoms with Crippen molar-refractivity contribution in [2.75, 3.05) is 12.1 Å². The van der Waals surface area contributed by atoms with E-state index in [2.05, 4.69) is 15.2 Å². The molecule has 4 aromatic rings. The summed E-state index contributed by atoms with van der Waals surface area (Å²) in [5.41, 5.74) is 2.38. The molecule has 0 radical (unpaired) electrons. The van der Waals surface area contributed by atoms with Crippen molar-refractivity contribution in [2.45, 2.75) is 19.3 Å². The van der Waals surface area contributed by atoms with Crippen LogP contribution in [-0.4, -0.2) is 28.2 Å². The van der Waals surface area contributed by atoms with Gasteiger partial charge in [-0.05, 0) is 49.7 Å². The lowest BCUT2D eigenvalue weighted by atomic mass is 9.83. The van der Waals surface area contributed by atoms with E-state index < -0.39 is 5.41 Å². The number of hydrazine groups is 1. The molecular weight excluding hydrogens is 390 g/mol. The molecular formula is C24H23N5O2. The second-order valence-electron chi connectivity index (χ2n) is 7.73. The van der Waals surface area contributed by atoms with Gasteiger partial charge in [0.1, 0.15) is 5.75 Å². The third-order valence-corrected chi connectivity index (χ3v) is 5.33. The van der Waals surface area contributed by atoms with Crippen molar-refractivity contribution in [3.05, 3.63) is 78.5 Å². The number of carbonyl (C=O) groups excluding carboxylic acids is 1. The number of ether oxygens (including phenoxy) is 1. The number of nitrogens with zero attached hydrogens (tertiary/aromatic N) is 4. The van der Waals surface area contributed by atoms with Gasteiger partial charge in [0, 0.05) is 10.9 Å². The Morgan fingerprint density at radius 2 is 1.77 bits per heavy atom. The zero-order valence-electron chi connectivity index (χ0n) is 17.6. The lowest BCUT2D eigenvalue weighted by molar-refractivity contribution is -0.123. The largest absolute Gasteiger partial charge is 0.495 e. The summed E-state index contributed by atoms with van der Waals surface area (Å²) in [6.45, 7) is 3.66. The molecule has 0 atom stereocenters. The van der Waals surface area contributed by atoms with Gasteiger partial charge in [0.05, 0.1) is 29.9 Å². The maximum absolute atomic E-state index is 13.3. The number of methoxy groups -OCH3 is 1. The predicted molar refractivity (Wildman–Crippen MR) is 120 cm³/mol. The number of hydrogen-bond donors (Lipinski definition) is 1. The highest BCUT2D eigenvalue weighted by atomic mass is 16.5. The summed E-state index contributed by atoms with van der Waals surface area (Å²) in [6, 6.07) is 20.8. The Labute approximate surface area is 180 Å². The minimum Gasteiger partial charge on any atom is -0.495 e. The molecule has 0 aliphatic heterocycles. The van der Waals surface area contributed by atoms with E-state index in [-0.39, 0.29) is 11.7 Å². The van der Waals surface area contributed by atoms with Crippen LogP contribution in [0.4, 0.5) is 5.82 Å². The van der Waals surface area contributed by atoms with Crippen LogP contribution in [0.3, 0.4) is 0 Å². The van der Waals surface area contributed by atoms with Gasteiger partial charge in [-0.1, -0.05) is 36.4 Å². The average Bonchev–Trinajstić information content (AvgIpc) is 2.83. The highest BCUT2D eigenvalue weighted by molar-refractivity contribution is 5.99. The molecule has 156 valence electrons. The van der Waals surface area contributed by atoms with Crippen molar-refractivity contribution in [3.8, 4) is 17.0 Å². The first-order valence-corrected chi connectivity index (χ1v) is 9.83. The molecule has 2 aromatic carbocycles. The summed E-state index contributed by atoms with van der Waals surface area (Å²) in [5.74, 6) is 6.79. The fourth-order valence-corrected chi connectivity index (χ4v) is 3.36. The van der Waals surface area contributed by atoms with Gasteiger partial charge >= 0.3 is 0 Å². The molecule has 1 amide bonds. The topological polar surface area (TPSA) is 94.2 Å². The van der Waals surface area contributed by atoms with Crippen LogP contribution in [0, 0.1) is 0 Å². The molecule has 31 heavy (non-hydrogen) atoms. The van der Waals surface area contributed by atoms with Crippen LogP contribution in [0.5, 0.6) is 5.75 Å². The number of anilines is 1. The number of fused-ring (bicyclic) bond motifs is 1. The molecule has 0 saturated heterocycles. The lowest BCUT2D eigenvalue weighted by Gasteiger charge is -2.28. The molecule has 2 heterocycles. The Morgan fingerprint density at radius 1 is 1.00 bits per heavy atom. The van der Waals surface area contributed by atoms with Gasteiger partial charge in [0.2, 0.25) is 0 Å². The monoisotopic (exact) mass is 413 g/mol. The van der Waals surface area contributed by atoms with E-state index in [4.69, 9.17) is 10.6 Å². The first kappa shape index (κ1) is 20.4. The molecule has 0 aliphatic carbocycles. The maximum Gasteiger partial charge on any atom is 0.252 e. The van der Waals surface area contributed by atoms with Crippen molar-refractivity contribution in [1.29, 1.82) is 0 Å². The normalized spacial score (nSPS) is 11.4. The highest BCUT2D eigenvalue weighted by Crippen LogP contribution is 2.30. The van der Waals surface area contributed by atoms with Crippen molar-refractivity contribution in [2.24, 2.45) is 5.84 Å². The second kappa shape index (κ2) is 8.12. The van der Waals surface area contributed by atoms with E-state index in [0.717, 1.165) is 27.0 Å². The van der Waals surface area contributed by atoms with Gasteiger partial charge in [-0.2, -0.15) is 0 Å². The van der Waals surface area contributed by atoms with Gasteiger partial charge in [-0.25, -0.2) is 10.9 Å². The first-order chi connectivity index (χ1) is 14.9. The number of pyridine rings is 1. The van der Waals surface area contributed by atoms with Crippen molar-refractivity contribution >= 4 is 22.6 Å². The molecule has 2 N–H and O–H groups in total. The van der Waals surface area contributed by atoms with Crippen molar-refractivity contribution in [1.82, 2.24) is 15.2 Å². The molecule has 4 rings (SSSR count). The number of amides is 1. The number of carbonyl (C=O) groups is 1. The molecule has 0 aliphatic rings. The van der Waals surface area contributed by atoms with Crippen LogP contribution in [0.2, 0.25) is 0 Å². The number of hydrogen-bond acceptors (Lipinski definition) is 6. The second-order valence-corrected chi connectivity index (χ2v) is 7.73. The molecule has 0 bridgehead atoms. The van der Waals surface area contributed by atoms with E-state index in [0.29, 0.717) is 11.4 Å². The lowest BCUT2D eigenvalue weighted by Crippen LogP contribution is -2.48. The molecule has 7 nitrogen and oxygen atoms in total. The molecule has 0 saturated carbocycles. The summed E-state index contributed by atoms with van der Waals surface area (Å²) in [7, 11) is 1.59. The Bertz CT molecular complexity index is 1220. The molecule has 0 fully saturated rings. The average molecular weight is 413 g/mol. The summed E-state index contributed by atoms with van der Waals surface area (Å²) in [5, 5.41) is 10.3. The number of rotatable bonds is 5. The van der Waals surface area contributed by atoms with E-state index in [1.807, 2.05) is 68.4 Å². The number of nitrogens with two attached hydrogens (primary N) is 1. The fourth-order valence-electron chi connectivity index (χ4n) is 3.36. The van der Waals surface area contributed by atoms with Gasteiger partial charge in [0.25, 0.3) is 5.91 Å². The van der Waals surface area contributed by atoms with Crippen LogP contribution < -0.4 is 15.6 Å². The van der Waals surface area contributed by atoms with Crippen LogP contribution >= 0.6 is 0 Å². The summed E-state index contributed by atoms with van der Waals surface area (Å²) in [4.78, 5) is 17.6. The van der Waals surface area contributed by atoms with Crippen molar-refractivity contribution < 1.29 is 9.53 Å². The SMILES string of the molecule is COc1cnc2ccc(C(C)(C)C(=O)N(N)c3ccc(-c4ccccc4)nn3)cc2c1. The number of benzene rings is 2. The fraction of sp³-hybridized carbons (Fsp3) is 0.167. The minimum atomic E-state index is -0.897. The van der Waals surface area contributed by atoms with E-state index in [9.17, 15) is 4.79 Å². The first-order valence-electron chi connectivity index (χ1n) is 9.83.